The average Bonchev–Trinajstić information content (AvgIpc) is 3.45. The van der Waals surface area contributed by atoms with Gasteiger partial charge in [0.2, 0.25) is 5.95 Å². The number of amides is 1. The normalized spacial score (nSPS) is 17.1. The van der Waals surface area contributed by atoms with Crippen molar-refractivity contribution in [3.05, 3.63) is 41.1 Å². The Hall–Kier alpha value is -3.23. The molecule has 4 heterocycles. The summed E-state index contributed by atoms with van der Waals surface area (Å²) >= 11 is 0. The minimum absolute atomic E-state index is 0.0614. The van der Waals surface area contributed by atoms with Crippen LogP contribution in [0.25, 0.3) is 11.3 Å². The van der Waals surface area contributed by atoms with Crippen molar-refractivity contribution >= 4 is 11.9 Å². The lowest BCUT2D eigenvalue weighted by Gasteiger charge is -2.32. The van der Waals surface area contributed by atoms with Gasteiger partial charge in [-0.15, -0.1) is 0 Å². The molecular weight excluding hydrogens is 418 g/mol. The number of nitrogens with one attached hydrogen (secondary N) is 1. The molecule has 5 rings (SSSR count). The summed E-state index contributed by atoms with van der Waals surface area (Å²) in [5.41, 5.74) is 4.37. The molecule has 0 bridgehead atoms. The summed E-state index contributed by atoms with van der Waals surface area (Å²) in [5.74, 6) is 2.10. The number of anilines is 1. The molecule has 2 fully saturated rings. The fraction of sp³-hybridized carbons (Fsp3) is 0.542. The lowest BCUT2D eigenvalue weighted by Crippen LogP contribution is -2.39. The Morgan fingerprint density at radius 2 is 1.91 bits per heavy atom. The molecule has 1 saturated carbocycles. The second kappa shape index (κ2) is 8.61. The summed E-state index contributed by atoms with van der Waals surface area (Å²) in [7, 11) is 1.86. The smallest absolute Gasteiger partial charge is 0.272 e. The van der Waals surface area contributed by atoms with Crippen LogP contribution in [0.2, 0.25) is 0 Å². The molecule has 1 aliphatic carbocycles. The Labute approximate surface area is 193 Å². The van der Waals surface area contributed by atoms with E-state index in [4.69, 9.17) is 9.51 Å². The van der Waals surface area contributed by atoms with Crippen molar-refractivity contribution in [3.63, 3.8) is 0 Å². The first-order valence-electron chi connectivity index (χ1n) is 11.8. The number of hydrogen-bond acceptors (Lipinski definition) is 7. The number of carbonyl (C=O) groups is 1. The van der Waals surface area contributed by atoms with Crippen molar-refractivity contribution in [2.75, 3.05) is 18.4 Å². The Bertz CT molecular complexity index is 1150. The van der Waals surface area contributed by atoms with E-state index < -0.39 is 0 Å². The zero-order valence-electron chi connectivity index (χ0n) is 19.7. The quantitative estimate of drug-likeness (QED) is 0.609. The summed E-state index contributed by atoms with van der Waals surface area (Å²) in [5, 5.41) is 11.9. The summed E-state index contributed by atoms with van der Waals surface area (Å²) in [6.07, 6.45) is 5.83. The molecule has 0 radical (unpaired) electrons. The third-order valence-corrected chi connectivity index (χ3v) is 6.41. The summed E-state index contributed by atoms with van der Waals surface area (Å²) in [6, 6.07) is 4.12. The van der Waals surface area contributed by atoms with Gasteiger partial charge in [-0.3, -0.25) is 9.48 Å². The number of hydrogen-bond donors (Lipinski definition) is 1. The first kappa shape index (κ1) is 21.6. The van der Waals surface area contributed by atoms with Crippen LogP contribution in [-0.4, -0.2) is 54.8 Å². The average molecular weight is 450 g/mol. The minimum Gasteiger partial charge on any atom is -0.356 e. The Morgan fingerprint density at radius 3 is 2.55 bits per heavy atom. The molecule has 1 aliphatic heterocycles. The second-order valence-electron chi connectivity index (χ2n) is 9.54. The summed E-state index contributed by atoms with van der Waals surface area (Å²) in [6.45, 7) is 7.39. The highest BCUT2D eigenvalue weighted by Crippen LogP contribution is 2.40. The number of rotatable bonds is 6. The van der Waals surface area contributed by atoms with E-state index in [1.165, 1.54) is 12.8 Å². The highest BCUT2D eigenvalue weighted by atomic mass is 16.5. The van der Waals surface area contributed by atoms with Crippen LogP contribution in [0, 0.1) is 6.92 Å². The van der Waals surface area contributed by atoms with E-state index in [9.17, 15) is 4.79 Å². The van der Waals surface area contributed by atoms with Gasteiger partial charge in [0.05, 0.1) is 22.6 Å². The summed E-state index contributed by atoms with van der Waals surface area (Å²) < 4.78 is 7.27. The third kappa shape index (κ3) is 4.49. The first-order valence-corrected chi connectivity index (χ1v) is 11.8. The van der Waals surface area contributed by atoms with Crippen LogP contribution < -0.4 is 5.32 Å². The molecule has 174 valence electrons. The lowest BCUT2D eigenvalue weighted by atomic mass is 9.90. The number of aromatic nitrogens is 5. The molecule has 0 atom stereocenters. The third-order valence-electron chi connectivity index (χ3n) is 6.41. The molecule has 33 heavy (non-hydrogen) atoms. The van der Waals surface area contributed by atoms with Crippen LogP contribution in [0.1, 0.15) is 78.9 Å². The highest BCUT2D eigenvalue weighted by molar-refractivity contribution is 5.92. The maximum absolute atomic E-state index is 13.2. The molecule has 9 heteroatoms. The Balaban J connectivity index is 1.35. The van der Waals surface area contributed by atoms with Gasteiger partial charge in [-0.2, -0.15) is 5.10 Å². The van der Waals surface area contributed by atoms with E-state index in [2.05, 4.69) is 34.4 Å². The van der Waals surface area contributed by atoms with E-state index in [0.29, 0.717) is 36.4 Å². The standard InChI is InChI=1S/C24H31N7O2/c1-14(2)26-24-25-13-18(21-11-15(3)29-33-21)22(27-24)17-7-9-31(10-8-17)23(32)20-12-19(16-5-6-16)28-30(20)4/h11-14,16-17H,5-10H2,1-4H3,(H,25,26,27). The second-order valence-corrected chi connectivity index (χ2v) is 9.54. The number of aryl methyl sites for hydroxylation is 2. The van der Waals surface area contributed by atoms with E-state index in [0.717, 1.165) is 35.5 Å². The van der Waals surface area contributed by atoms with Crippen molar-refractivity contribution in [1.82, 2.24) is 29.8 Å². The van der Waals surface area contributed by atoms with Gasteiger partial charge in [0, 0.05) is 50.3 Å². The SMILES string of the molecule is Cc1cc(-c2cnc(NC(C)C)nc2C2CCN(C(=O)c3cc(C4CC4)nn3C)CC2)on1. The molecule has 0 spiro atoms. The van der Waals surface area contributed by atoms with Crippen LogP contribution in [0.15, 0.2) is 22.9 Å². The monoisotopic (exact) mass is 449 g/mol. The van der Waals surface area contributed by atoms with Crippen molar-refractivity contribution < 1.29 is 9.32 Å². The molecule has 9 nitrogen and oxygen atoms in total. The van der Waals surface area contributed by atoms with Gasteiger partial charge < -0.3 is 14.7 Å². The molecule has 3 aromatic heterocycles. The van der Waals surface area contributed by atoms with Crippen LogP contribution in [0.4, 0.5) is 5.95 Å². The topological polar surface area (TPSA) is 102 Å². The van der Waals surface area contributed by atoms with E-state index in [1.807, 2.05) is 37.2 Å². The van der Waals surface area contributed by atoms with Gasteiger partial charge in [0.1, 0.15) is 5.69 Å². The van der Waals surface area contributed by atoms with Crippen molar-refractivity contribution in [2.45, 2.75) is 64.3 Å². The van der Waals surface area contributed by atoms with Crippen LogP contribution in [0.3, 0.4) is 0 Å². The van der Waals surface area contributed by atoms with Crippen molar-refractivity contribution in [3.8, 4) is 11.3 Å². The molecule has 1 saturated heterocycles. The van der Waals surface area contributed by atoms with E-state index in [-0.39, 0.29) is 17.9 Å². The molecule has 0 unspecified atom stereocenters. The molecule has 3 aromatic rings. The molecule has 0 aromatic carbocycles. The van der Waals surface area contributed by atoms with Gasteiger partial charge in [0.15, 0.2) is 5.76 Å². The maximum atomic E-state index is 13.2. The fourth-order valence-electron chi connectivity index (χ4n) is 4.50. The molecule has 1 amide bonds. The molecular formula is C24H31N7O2. The maximum Gasteiger partial charge on any atom is 0.272 e. The fourth-order valence-corrected chi connectivity index (χ4v) is 4.50. The van der Waals surface area contributed by atoms with E-state index >= 15 is 0 Å². The number of piperidine rings is 1. The van der Waals surface area contributed by atoms with Gasteiger partial charge in [-0.1, -0.05) is 5.16 Å². The zero-order valence-corrected chi connectivity index (χ0v) is 19.7. The molecule has 1 N–H and O–H groups in total. The number of nitrogens with zero attached hydrogens (tertiary/aromatic N) is 6. The van der Waals surface area contributed by atoms with Crippen molar-refractivity contribution in [1.29, 1.82) is 0 Å². The first-order chi connectivity index (χ1) is 15.9. The lowest BCUT2D eigenvalue weighted by molar-refractivity contribution is 0.0701. The van der Waals surface area contributed by atoms with Crippen LogP contribution in [-0.2, 0) is 7.05 Å². The predicted molar refractivity (Wildman–Crippen MR) is 124 cm³/mol. The van der Waals surface area contributed by atoms with Gasteiger partial charge in [0.25, 0.3) is 5.91 Å². The highest BCUT2D eigenvalue weighted by Gasteiger charge is 2.32. The Kier molecular flexibility index (Phi) is 5.64. The van der Waals surface area contributed by atoms with Crippen LogP contribution in [0.5, 0.6) is 0 Å². The van der Waals surface area contributed by atoms with Gasteiger partial charge in [-0.25, -0.2) is 9.97 Å². The predicted octanol–water partition coefficient (Wildman–Crippen LogP) is 3.89. The number of likely N-dealkylation sites (tertiary alicyclic amines) is 1. The number of carbonyl (C=O) groups excluding carboxylic acids is 1. The Morgan fingerprint density at radius 1 is 1.15 bits per heavy atom. The zero-order chi connectivity index (χ0) is 23.1. The molecule has 2 aliphatic rings. The largest absolute Gasteiger partial charge is 0.356 e. The van der Waals surface area contributed by atoms with Gasteiger partial charge in [-0.05, 0) is 52.5 Å². The summed E-state index contributed by atoms with van der Waals surface area (Å²) in [4.78, 5) is 24.5. The van der Waals surface area contributed by atoms with Crippen LogP contribution >= 0.6 is 0 Å². The van der Waals surface area contributed by atoms with Gasteiger partial charge >= 0.3 is 0 Å². The van der Waals surface area contributed by atoms with E-state index in [1.54, 1.807) is 4.68 Å². The van der Waals surface area contributed by atoms with Crippen molar-refractivity contribution in [2.24, 2.45) is 7.05 Å². The minimum atomic E-state index is 0.0614.